The van der Waals surface area contributed by atoms with E-state index in [1.54, 1.807) is 0 Å². The van der Waals surface area contributed by atoms with E-state index >= 15 is 0 Å². The lowest BCUT2D eigenvalue weighted by Crippen LogP contribution is -2.61. The van der Waals surface area contributed by atoms with Gasteiger partial charge >= 0.3 is 0 Å². The molecule has 0 spiro atoms. The van der Waals surface area contributed by atoms with Gasteiger partial charge in [0.15, 0.2) is 0 Å². The van der Waals surface area contributed by atoms with E-state index in [2.05, 4.69) is 314 Å². The van der Waals surface area contributed by atoms with Crippen LogP contribution in [0.15, 0.2) is 235 Å². The molecule has 2 aliphatic heterocycles. The largest absolute Gasteiger partial charge is 0.456 e. The van der Waals surface area contributed by atoms with Gasteiger partial charge in [-0.25, -0.2) is 0 Å². The normalized spacial score (nSPS) is 15.0. The van der Waals surface area contributed by atoms with Crippen LogP contribution in [-0.4, -0.2) is 11.3 Å². The first-order valence-electron chi connectivity index (χ1n) is 31.3. The minimum atomic E-state index is -0.119. The zero-order chi connectivity index (χ0) is 59.5. The van der Waals surface area contributed by atoms with Crippen LogP contribution in [0.2, 0.25) is 0 Å². The van der Waals surface area contributed by atoms with Crippen LogP contribution in [0.3, 0.4) is 0 Å². The van der Waals surface area contributed by atoms with Gasteiger partial charge in [0.05, 0.1) is 16.7 Å². The van der Waals surface area contributed by atoms with Gasteiger partial charge in [0, 0.05) is 61.7 Å². The molecule has 3 aliphatic rings. The number of hydrogen-bond acceptors (Lipinski definition) is 3. The summed E-state index contributed by atoms with van der Waals surface area (Å²) in [6, 6.07) is 87.9. The Balaban J connectivity index is 0.982. The average Bonchev–Trinajstić information content (AvgIpc) is 1.58. The lowest BCUT2D eigenvalue weighted by molar-refractivity contribution is 0.332. The van der Waals surface area contributed by atoms with Gasteiger partial charge in [0.1, 0.15) is 11.2 Å². The van der Waals surface area contributed by atoms with Crippen LogP contribution in [0.4, 0.5) is 34.1 Å². The summed E-state index contributed by atoms with van der Waals surface area (Å²) < 4.78 is 9.29. The van der Waals surface area contributed by atoms with Gasteiger partial charge in [-0.2, -0.15) is 0 Å². The summed E-state index contributed by atoms with van der Waals surface area (Å²) in [6.45, 7) is 23.3. The summed E-state index contributed by atoms with van der Waals surface area (Å²) in [6.07, 6.45) is 2.37. The Bertz CT molecular complexity index is 4890. The predicted molar refractivity (Wildman–Crippen MR) is 371 cm³/mol. The van der Waals surface area contributed by atoms with Crippen LogP contribution in [-0.2, 0) is 21.7 Å². The van der Waals surface area contributed by atoms with Crippen molar-refractivity contribution in [2.75, 3.05) is 9.80 Å². The zero-order valence-corrected chi connectivity index (χ0v) is 51.7. The summed E-state index contributed by atoms with van der Waals surface area (Å²) in [4.78, 5) is 5.14. The fraction of sp³-hybridized carbons (Fsp3) is 0.195. The molecule has 16 rings (SSSR count). The molecule has 0 radical (unpaired) electrons. The molecule has 2 aromatic heterocycles. The maximum Gasteiger partial charge on any atom is 0.252 e. The maximum absolute atomic E-state index is 6.79. The van der Waals surface area contributed by atoms with Crippen molar-refractivity contribution >= 4 is 101 Å². The van der Waals surface area contributed by atoms with Crippen molar-refractivity contribution in [3.05, 3.63) is 253 Å². The molecule has 0 fully saturated rings. The molecular weight excluding hydrogens is 1050 g/mol. The monoisotopic (exact) mass is 1130 g/mol. The van der Waals surface area contributed by atoms with E-state index in [-0.39, 0.29) is 28.4 Å². The van der Waals surface area contributed by atoms with Gasteiger partial charge in [0.25, 0.3) is 6.71 Å². The Kier molecular flexibility index (Phi) is 11.7. The Morgan fingerprint density at radius 2 is 0.793 bits per heavy atom. The Morgan fingerprint density at radius 1 is 0.356 bits per heavy atom. The highest BCUT2D eigenvalue weighted by Gasteiger charge is 2.45. The van der Waals surface area contributed by atoms with Crippen LogP contribution in [0.1, 0.15) is 104 Å². The van der Waals surface area contributed by atoms with Crippen molar-refractivity contribution in [1.82, 2.24) is 4.57 Å². The molecule has 0 bridgehead atoms. The number of fused-ring (bicyclic) bond motifs is 11. The van der Waals surface area contributed by atoms with Gasteiger partial charge in [0.2, 0.25) is 0 Å². The number of aromatic nitrogens is 1. The number of nitrogens with zero attached hydrogens (tertiary/aromatic N) is 3. The number of furan rings is 1. The summed E-state index contributed by atoms with van der Waals surface area (Å²) in [5.74, 6) is 0. The molecule has 0 N–H and O–H groups in total. The highest BCUT2D eigenvalue weighted by Crippen LogP contribution is 2.51. The summed E-state index contributed by atoms with van der Waals surface area (Å²) in [5.41, 5.74) is 28.8. The fourth-order valence-electron chi connectivity index (χ4n) is 15.0. The van der Waals surface area contributed by atoms with Crippen molar-refractivity contribution in [3.63, 3.8) is 0 Å². The van der Waals surface area contributed by atoms with E-state index in [4.69, 9.17) is 4.42 Å². The molecule has 424 valence electrons. The SMILES string of the molecule is CC(C)(C)c1ccc(-c2ccc3c(c2)N(c2ccc(-c4ccc5c(c4)C(C)(C)CCC5(C)C)cc2)c2cc(-n4c5ccccc5c5ccccc54)cc4c2B3c2ccc(-c3ccc(C(C)(C)C)cc3)cc2N4c2ccc3c(c2)oc2ccccc23)cc1. The average molecular weight is 1130 g/mol. The van der Waals surface area contributed by atoms with Crippen LogP contribution in [0, 0.1) is 0 Å². The molecular formula is C82H72BN3O. The number of hydrogen-bond donors (Lipinski definition) is 0. The van der Waals surface area contributed by atoms with E-state index < -0.39 is 0 Å². The van der Waals surface area contributed by atoms with Crippen molar-refractivity contribution in [2.24, 2.45) is 0 Å². The van der Waals surface area contributed by atoms with Gasteiger partial charge in [-0.15, -0.1) is 0 Å². The minimum Gasteiger partial charge on any atom is -0.456 e. The highest BCUT2D eigenvalue weighted by atomic mass is 16.3. The molecule has 11 aromatic carbocycles. The van der Waals surface area contributed by atoms with E-state index in [0.29, 0.717) is 0 Å². The molecule has 0 saturated carbocycles. The third-order valence-electron chi connectivity index (χ3n) is 20.0. The lowest BCUT2D eigenvalue weighted by Gasteiger charge is -2.44. The summed E-state index contributed by atoms with van der Waals surface area (Å²) in [5, 5.41) is 4.68. The van der Waals surface area contributed by atoms with Crippen molar-refractivity contribution in [2.45, 2.75) is 104 Å². The lowest BCUT2D eigenvalue weighted by atomic mass is 9.33. The second-order valence-corrected chi connectivity index (χ2v) is 28.4. The molecule has 0 atom stereocenters. The van der Waals surface area contributed by atoms with E-state index in [1.165, 1.54) is 112 Å². The topological polar surface area (TPSA) is 24.6 Å². The zero-order valence-electron chi connectivity index (χ0n) is 51.7. The van der Waals surface area contributed by atoms with Crippen LogP contribution in [0.25, 0.3) is 82.8 Å². The van der Waals surface area contributed by atoms with E-state index in [9.17, 15) is 0 Å². The molecule has 4 heterocycles. The Labute approximate surface area is 512 Å². The van der Waals surface area contributed by atoms with Gasteiger partial charge in [-0.05, 0) is 173 Å². The quantitative estimate of drug-likeness (QED) is 0.155. The van der Waals surface area contributed by atoms with E-state index in [0.717, 1.165) is 56.1 Å². The number of benzene rings is 11. The third kappa shape index (κ3) is 8.47. The van der Waals surface area contributed by atoms with E-state index in [1.807, 2.05) is 0 Å². The highest BCUT2D eigenvalue weighted by molar-refractivity contribution is 7.00. The third-order valence-corrected chi connectivity index (χ3v) is 20.0. The predicted octanol–water partition coefficient (Wildman–Crippen LogP) is 20.7. The Hall–Kier alpha value is -9.32. The Morgan fingerprint density at radius 3 is 1.34 bits per heavy atom. The first-order chi connectivity index (χ1) is 41.9. The van der Waals surface area contributed by atoms with Crippen molar-refractivity contribution < 1.29 is 4.42 Å². The van der Waals surface area contributed by atoms with Crippen LogP contribution in [0.5, 0.6) is 0 Å². The smallest absolute Gasteiger partial charge is 0.252 e. The van der Waals surface area contributed by atoms with Crippen LogP contribution >= 0.6 is 0 Å². The second-order valence-electron chi connectivity index (χ2n) is 28.4. The minimum absolute atomic E-state index is 0.0343. The number of para-hydroxylation sites is 3. The van der Waals surface area contributed by atoms with Gasteiger partial charge in [-0.1, -0.05) is 227 Å². The van der Waals surface area contributed by atoms with Crippen molar-refractivity contribution in [1.29, 1.82) is 0 Å². The second kappa shape index (κ2) is 19.1. The molecule has 13 aromatic rings. The molecule has 4 nitrogen and oxygen atoms in total. The van der Waals surface area contributed by atoms with Gasteiger partial charge in [-0.3, -0.25) is 0 Å². The molecule has 0 unspecified atom stereocenters. The number of rotatable bonds is 6. The van der Waals surface area contributed by atoms with Gasteiger partial charge < -0.3 is 18.8 Å². The first-order valence-corrected chi connectivity index (χ1v) is 31.3. The summed E-state index contributed by atoms with van der Waals surface area (Å²) >= 11 is 0. The van der Waals surface area contributed by atoms with Crippen LogP contribution < -0.4 is 26.2 Å². The van der Waals surface area contributed by atoms with Crippen molar-refractivity contribution in [3.8, 4) is 39.1 Å². The molecule has 0 amide bonds. The molecule has 87 heavy (non-hydrogen) atoms. The standard InChI is InChI=1S/C82H72BN3O/c1-79(2,3)57-32-23-51(24-33-57)55-30-41-68-72(46-55)84(59-36-27-53(28-37-59)54-29-40-66-67(45-54)82(9,10)44-43-81(66,7)8)74-48-61(86-70-20-14-11-17-62(70)63-18-12-15-21-71(63)86)49-75-78(74)83(68)69-42-31-56(52-25-34-58(35-26-52)80(4,5)6)47-73(69)85(75)60-38-39-65-64-19-13-16-22-76(64)87-77(65)50-60/h11-42,45-50H,43-44H2,1-10H3. The summed E-state index contributed by atoms with van der Waals surface area (Å²) in [7, 11) is 0. The number of anilines is 6. The fourth-order valence-corrected chi connectivity index (χ4v) is 15.0. The molecule has 0 saturated heterocycles. The maximum atomic E-state index is 6.79. The first kappa shape index (κ1) is 53.2. The molecule has 1 aliphatic carbocycles. The molecule has 5 heteroatoms.